The number of benzene rings is 1. The highest BCUT2D eigenvalue weighted by atomic mass is 16.4. The molecule has 0 aliphatic carbocycles. The SMILES string of the molecule is C#CCN(CC(=O)O)C(=O)C=Cc1ccc(O)cc1. The Morgan fingerprint density at radius 1 is 1.32 bits per heavy atom. The predicted octanol–water partition coefficient (Wildman–Crippen LogP) is 0.952. The first kappa shape index (κ1) is 14.3. The van der Waals surface area contributed by atoms with Crippen LogP contribution in [0.3, 0.4) is 0 Å². The number of terminal acetylenes is 1. The van der Waals surface area contributed by atoms with Gasteiger partial charge in [-0.3, -0.25) is 9.59 Å². The van der Waals surface area contributed by atoms with Gasteiger partial charge in [-0.15, -0.1) is 6.42 Å². The summed E-state index contributed by atoms with van der Waals surface area (Å²) < 4.78 is 0. The van der Waals surface area contributed by atoms with Crippen LogP contribution in [0.1, 0.15) is 5.56 Å². The Morgan fingerprint density at radius 3 is 2.47 bits per heavy atom. The van der Waals surface area contributed by atoms with Crippen molar-refractivity contribution in [2.45, 2.75) is 0 Å². The second kappa shape index (κ2) is 6.87. The molecule has 0 radical (unpaired) electrons. The summed E-state index contributed by atoms with van der Waals surface area (Å²) in [4.78, 5) is 23.4. The van der Waals surface area contributed by atoms with E-state index in [-0.39, 0.29) is 12.3 Å². The number of aromatic hydroxyl groups is 1. The smallest absolute Gasteiger partial charge is 0.323 e. The van der Waals surface area contributed by atoms with Gasteiger partial charge >= 0.3 is 5.97 Å². The highest BCUT2D eigenvalue weighted by Gasteiger charge is 2.12. The van der Waals surface area contributed by atoms with Gasteiger partial charge in [-0.05, 0) is 23.8 Å². The van der Waals surface area contributed by atoms with E-state index in [2.05, 4.69) is 5.92 Å². The summed E-state index contributed by atoms with van der Waals surface area (Å²) in [6.07, 6.45) is 7.84. The van der Waals surface area contributed by atoms with Crippen LogP contribution in [-0.4, -0.2) is 40.1 Å². The van der Waals surface area contributed by atoms with E-state index in [1.807, 2.05) is 0 Å². The maximum atomic E-state index is 11.7. The Labute approximate surface area is 110 Å². The Kier molecular flexibility index (Phi) is 5.17. The lowest BCUT2D eigenvalue weighted by Gasteiger charge is -2.15. The first-order valence-electron chi connectivity index (χ1n) is 5.44. The Hall–Kier alpha value is -2.74. The van der Waals surface area contributed by atoms with Gasteiger partial charge in [-0.2, -0.15) is 0 Å². The first-order valence-corrected chi connectivity index (χ1v) is 5.44. The molecule has 1 rings (SSSR count). The zero-order valence-corrected chi connectivity index (χ0v) is 10.1. The molecule has 0 atom stereocenters. The average molecular weight is 259 g/mol. The standard InChI is InChI=1S/C14H13NO4/c1-2-9-15(10-14(18)19)13(17)8-5-11-3-6-12(16)7-4-11/h1,3-8,16H,9-10H2,(H,18,19). The first-order chi connectivity index (χ1) is 9.02. The number of amides is 1. The van der Waals surface area contributed by atoms with E-state index in [0.717, 1.165) is 4.90 Å². The Morgan fingerprint density at radius 2 is 1.95 bits per heavy atom. The van der Waals surface area contributed by atoms with E-state index in [9.17, 15) is 9.59 Å². The Bertz CT molecular complexity index is 525. The molecule has 0 heterocycles. The molecule has 5 nitrogen and oxygen atoms in total. The summed E-state index contributed by atoms with van der Waals surface area (Å²) in [7, 11) is 0. The van der Waals surface area contributed by atoms with Gasteiger partial charge in [-0.1, -0.05) is 18.1 Å². The van der Waals surface area contributed by atoms with Gasteiger partial charge in [0.1, 0.15) is 12.3 Å². The maximum absolute atomic E-state index is 11.7. The molecule has 1 amide bonds. The molecule has 19 heavy (non-hydrogen) atoms. The average Bonchev–Trinajstić information content (AvgIpc) is 2.37. The van der Waals surface area contributed by atoms with Crippen molar-refractivity contribution in [3.05, 3.63) is 35.9 Å². The number of carboxylic acid groups (broad SMARTS) is 1. The van der Waals surface area contributed by atoms with Crippen molar-refractivity contribution in [3.8, 4) is 18.1 Å². The number of hydrogen-bond donors (Lipinski definition) is 2. The molecule has 1 aromatic carbocycles. The minimum atomic E-state index is -1.12. The topological polar surface area (TPSA) is 77.8 Å². The molecule has 1 aromatic rings. The van der Waals surface area contributed by atoms with Crippen molar-refractivity contribution in [1.29, 1.82) is 0 Å². The van der Waals surface area contributed by atoms with E-state index in [1.54, 1.807) is 12.1 Å². The van der Waals surface area contributed by atoms with Crippen LogP contribution in [0.4, 0.5) is 0 Å². The van der Waals surface area contributed by atoms with E-state index < -0.39 is 18.4 Å². The molecule has 0 aromatic heterocycles. The van der Waals surface area contributed by atoms with Crippen LogP contribution < -0.4 is 0 Å². The summed E-state index contributed by atoms with van der Waals surface area (Å²) in [5.41, 5.74) is 0.710. The van der Waals surface area contributed by atoms with E-state index in [1.165, 1.54) is 24.3 Å². The predicted molar refractivity (Wildman–Crippen MR) is 70.2 cm³/mol. The largest absolute Gasteiger partial charge is 0.508 e. The number of carbonyl (C=O) groups excluding carboxylic acids is 1. The highest BCUT2D eigenvalue weighted by Crippen LogP contribution is 2.10. The van der Waals surface area contributed by atoms with Crippen LogP contribution in [0.2, 0.25) is 0 Å². The number of rotatable bonds is 5. The number of carbonyl (C=O) groups is 2. The van der Waals surface area contributed by atoms with Crippen LogP contribution in [0.5, 0.6) is 5.75 Å². The zero-order valence-electron chi connectivity index (χ0n) is 10.1. The maximum Gasteiger partial charge on any atom is 0.323 e. The molecule has 0 aliphatic rings. The van der Waals surface area contributed by atoms with Crippen molar-refractivity contribution in [1.82, 2.24) is 4.90 Å². The lowest BCUT2D eigenvalue weighted by Crippen LogP contribution is -2.34. The molecule has 5 heteroatoms. The minimum Gasteiger partial charge on any atom is -0.508 e. The molecule has 0 saturated carbocycles. The summed E-state index contributed by atoms with van der Waals surface area (Å²) in [6.45, 7) is -0.506. The second-order valence-corrected chi connectivity index (χ2v) is 3.72. The van der Waals surface area contributed by atoms with Crippen LogP contribution in [0, 0.1) is 12.3 Å². The van der Waals surface area contributed by atoms with Gasteiger partial charge in [0.25, 0.3) is 0 Å². The van der Waals surface area contributed by atoms with E-state index >= 15 is 0 Å². The van der Waals surface area contributed by atoms with Crippen LogP contribution in [0.15, 0.2) is 30.3 Å². The summed E-state index contributed by atoms with van der Waals surface area (Å²) >= 11 is 0. The molecule has 0 aliphatic heterocycles. The number of aliphatic carboxylic acids is 1. The van der Waals surface area contributed by atoms with Gasteiger partial charge in [0.05, 0.1) is 6.54 Å². The normalized spacial score (nSPS) is 10.1. The van der Waals surface area contributed by atoms with Crippen LogP contribution >= 0.6 is 0 Å². The van der Waals surface area contributed by atoms with E-state index in [0.29, 0.717) is 5.56 Å². The van der Waals surface area contributed by atoms with Crippen molar-refractivity contribution >= 4 is 18.0 Å². The fourth-order valence-electron chi connectivity index (χ4n) is 1.34. The third kappa shape index (κ3) is 4.96. The highest BCUT2D eigenvalue weighted by molar-refractivity contribution is 5.93. The second-order valence-electron chi connectivity index (χ2n) is 3.72. The number of hydrogen-bond acceptors (Lipinski definition) is 3. The van der Waals surface area contributed by atoms with Crippen LogP contribution in [-0.2, 0) is 9.59 Å². The lowest BCUT2D eigenvalue weighted by atomic mass is 10.2. The van der Waals surface area contributed by atoms with Crippen molar-refractivity contribution in [2.24, 2.45) is 0 Å². The van der Waals surface area contributed by atoms with Crippen LogP contribution in [0.25, 0.3) is 6.08 Å². The lowest BCUT2D eigenvalue weighted by molar-refractivity contribution is -0.142. The van der Waals surface area contributed by atoms with Gasteiger partial charge in [0, 0.05) is 6.08 Å². The fourth-order valence-corrected chi connectivity index (χ4v) is 1.34. The van der Waals surface area contributed by atoms with E-state index in [4.69, 9.17) is 16.6 Å². The van der Waals surface area contributed by atoms with Crippen molar-refractivity contribution in [2.75, 3.05) is 13.1 Å². The van der Waals surface area contributed by atoms with Gasteiger partial charge in [0.15, 0.2) is 0 Å². The third-order valence-corrected chi connectivity index (χ3v) is 2.23. The molecule has 0 spiro atoms. The number of carboxylic acids is 1. The number of phenols is 1. The van der Waals surface area contributed by atoms with Crippen molar-refractivity contribution < 1.29 is 19.8 Å². The number of nitrogens with zero attached hydrogens (tertiary/aromatic N) is 1. The van der Waals surface area contributed by atoms with Crippen molar-refractivity contribution in [3.63, 3.8) is 0 Å². The molecule has 0 saturated heterocycles. The molecular formula is C14H13NO4. The minimum absolute atomic E-state index is 0.0644. The van der Waals surface area contributed by atoms with Gasteiger partial charge < -0.3 is 15.1 Å². The summed E-state index contributed by atoms with van der Waals surface area (Å²) in [5, 5.41) is 17.8. The molecule has 0 bridgehead atoms. The summed E-state index contributed by atoms with van der Waals surface area (Å²) in [6, 6.07) is 6.23. The fraction of sp³-hybridized carbons (Fsp3) is 0.143. The third-order valence-electron chi connectivity index (χ3n) is 2.23. The molecular weight excluding hydrogens is 246 g/mol. The van der Waals surface area contributed by atoms with Gasteiger partial charge in [0.2, 0.25) is 5.91 Å². The molecule has 98 valence electrons. The molecule has 0 unspecified atom stereocenters. The zero-order chi connectivity index (χ0) is 14.3. The number of phenolic OH excluding ortho intramolecular Hbond substituents is 1. The summed E-state index contributed by atoms with van der Waals surface area (Å²) in [5.74, 6) is 0.761. The quantitative estimate of drug-likeness (QED) is 0.609. The molecule has 2 N–H and O–H groups in total. The van der Waals surface area contributed by atoms with Gasteiger partial charge in [-0.25, -0.2) is 0 Å². The Balaban J connectivity index is 2.73. The molecule has 0 fully saturated rings. The monoisotopic (exact) mass is 259 g/mol.